The van der Waals surface area contributed by atoms with Crippen LogP contribution in [0, 0.1) is 6.92 Å². The van der Waals surface area contributed by atoms with Crippen LogP contribution in [0.25, 0.3) is 0 Å². The van der Waals surface area contributed by atoms with Crippen LogP contribution >= 0.6 is 0 Å². The summed E-state index contributed by atoms with van der Waals surface area (Å²) < 4.78 is 10.7. The maximum atomic E-state index is 12.1. The summed E-state index contributed by atoms with van der Waals surface area (Å²) in [4.78, 5) is 14.3. The number of piperidine rings is 1. The first kappa shape index (κ1) is 15.8. The molecular weight excluding hydrogens is 266 g/mol. The molecule has 1 fully saturated rings. The number of carbonyl (C=O) groups is 1. The van der Waals surface area contributed by atoms with Crippen LogP contribution in [0.2, 0.25) is 0 Å². The average molecular weight is 291 g/mol. The van der Waals surface area contributed by atoms with Crippen molar-refractivity contribution in [3.05, 3.63) is 29.3 Å². The molecule has 0 saturated carbocycles. The summed E-state index contributed by atoms with van der Waals surface area (Å²) >= 11 is 0. The molecule has 0 N–H and O–H groups in total. The summed E-state index contributed by atoms with van der Waals surface area (Å²) in [6, 6.07) is 6.05. The Balaban J connectivity index is 2.15. The summed E-state index contributed by atoms with van der Waals surface area (Å²) in [7, 11) is 1.69. The SMILES string of the molecule is CCOC(=O)C1CCCCN1Cc1cc(C)ccc1OC. The van der Waals surface area contributed by atoms with Crippen molar-refractivity contribution in [3.63, 3.8) is 0 Å². The summed E-state index contributed by atoms with van der Waals surface area (Å²) in [5.41, 5.74) is 2.34. The van der Waals surface area contributed by atoms with Crippen LogP contribution in [0.3, 0.4) is 0 Å². The number of esters is 1. The molecule has 1 aromatic carbocycles. The largest absolute Gasteiger partial charge is 0.496 e. The normalized spacial score (nSPS) is 19.3. The molecule has 1 aliphatic heterocycles. The molecule has 2 rings (SSSR count). The van der Waals surface area contributed by atoms with E-state index in [1.54, 1.807) is 7.11 Å². The molecule has 1 aromatic rings. The molecule has 4 heteroatoms. The molecule has 0 radical (unpaired) electrons. The number of hydrogen-bond donors (Lipinski definition) is 0. The van der Waals surface area contributed by atoms with Gasteiger partial charge in [0.2, 0.25) is 0 Å². The highest BCUT2D eigenvalue weighted by atomic mass is 16.5. The number of benzene rings is 1. The third kappa shape index (κ3) is 3.97. The number of ether oxygens (including phenoxy) is 2. The summed E-state index contributed by atoms with van der Waals surface area (Å²) in [5, 5.41) is 0. The van der Waals surface area contributed by atoms with Gasteiger partial charge in [0.1, 0.15) is 11.8 Å². The highest BCUT2D eigenvalue weighted by Gasteiger charge is 2.30. The number of hydrogen-bond acceptors (Lipinski definition) is 4. The van der Waals surface area contributed by atoms with Crippen LogP contribution in [0.15, 0.2) is 18.2 Å². The molecule has 1 heterocycles. The second-order valence-corrected chi connectivity index (χ2v) is 5.55. The van der Waals surface area contributed by atoms with Gasteiger partial charge < -0.3 is 9.47 Å². The fourth-order valence-corrected chi connectivity index (χ4v) is 2.94. The zero-order valence-electron chi connectivity index (χ0n) is 13.2. The van der Waals surface area contributed by atoms with Gasteiger partial charge in [-0.15, -0.1) is 0 Å². The minimum Gasteiger partial charge on any atom is -0.496 e. The van der Waals surface area contributed by atoms with Gasteiger partial charge in [0.15, 0.2) is 0 Å². The molecule has 1 aliphatic rings. The number of rotatable bonds is 5. The molecular formula is C17H25NO3. The van der Waals surface area contributed by atoms with Crippen molar-refractivity contribution in [1.29, 1.82) is 0 Å². The van der Waals surface area contributed by atoms with Crippen LogP contribution < -0.4 is 4.74 Å². The molecule has 0 bridgehead atoms. The molecule has 0 aromatic heterocycles. The Morgan fingerprint density at radius 3 is 2.90 bits per heavy atom. The van der Waals surface area contributed by atoms with Gasteiger partial charge in [-0.25, -0.2) is 0 Å². The lowest BCUT2D eigenvalue weighted by Crippen LogP contribution is -2.45. The minimum absolute atomic E-state index is 0.0937. The Kier molecular flexibility index (Phi) is 5.62. The topological polar surface area (TPSA) is 38.8 Å². The van der Waals surface area contributed by atoms with Crippen LogP contribution in [-0.2, 0) is 16.1 Å². The smallest absolute Gasteiger partial charge is 0.323 e. The molecule has 116 valence electrons. The lowest BCUT2D eigenvalue weighted by molar-refractivity contribution is -0.151. The zero-order valence-corrected chi connectivity index (χ0v) is 13.2. The maximum absolute atomic E-state index is 12.1. The highest BCUT2D eigenvalue weighted by Crippen LogP contribution is 2.26. The molecule has 1 unspecified atom stereocenters. The van der Waals surface area contributed by atoms with Gasteiger partial charge in [-0.3, -0.25) is 9.69 Å². The standard InChI is InChI=1S/C17H25NO3/c1-4-21-17(19)15-7-5-6-10-18(15)12-14-11-13(2)8-9-16(14)20-3/h8-9,11,15H,4-7,10,12H2,1-3H3. The van der Waals surface area contributed by atoms with Crippen molar-refractivity contribution in [2.24, 2.45) is 0 Å². The summed E-state index contributed by atoms with van der Waals surface area (Å²) in [6.07, 6.45) is 3.10. The van der Waals surface area contributed by atoms with Gasteiger partial charge in [0.05, 0.1) is 13.7 Å². The lowest BCUT2D eigenvalue weighted by atomic mass is 10.0. The maximum Gasteiger partial charge on any atom is 0.323 e. The van der Waals surface area contributed by atoms with E-state index in [1.165, 1.54) is 5.56 Å². The zero-order chi connectivity index (χ0) is 15.2. The van der Waals surface area contributed by atoms with E-state index in [-0.39, 0.29) is 12.0 Å². The van der Waals surface area contributed by atoms with E-state index in [9.17, 15) is 4.79 Å². The Morgan fingerprint density at radius 1 is 1.38 bits per heavy atom. The predicted octanol–water partition coefficient (Wildman–Crippen LogP) is 2.92. The number of likely N-dealkylation sites (tertiary alicyclic amines) is 1. The molecule has 0 amide bonds. The van der Waals surface area contributed by atoms with Gasteiger partial charge >= 0.3 is 5.97 Å². The average Bonchev–Trinajstić information content (AvgIpc) is 2.48. The number of nitrogens with zero attached hydrogens (tertiary/aromatic N) is 1. The number of methoxy groups -OCH3 is 1. The van der Waals surface area contributed by atoms with Gasteiger partial charge in [0.25, 0.3) is 0 Å². The summed E-state index contributed by atoms with van der Waals surface area (Å²) in [5.74, 6) is 0.789. The Morgan fingerprint density at radius 2 is 2.19 bits per heavy atom. The van der Waals surface area contributed by atoms with Crippen molar-refractivity contribution in [2.45, 2.75) is 45.7 Å². The van der Waals surface area contributed by atoms with Gasteiger partial charge in [0, 0.05) is 12.1 Å². The molecule has 4 nitrogen and oxygen atoms in total. The van der Waals surface area contributed by atoms with Crippen LogP contribution in [0.4, 0.5) is 0 Å². The van der Waals surface area contributed by atoms with E-state index >= 15 is 0 Å². The Labute approximate surface area is 127 Å². The van der Waals surface area contributed by atoms with E-state index in [0.717, 1.165) is 43.7 Å². The van der Waals surface area contributed by atoms with Crippen molar-refractivity contribution < 1.29 is 14.3 Å². The first-order chi connectivity index (χ1) is 10.2. The van der Waals surface area contributed by atoms with E-state index < -0.39 is 0 Å². The number of carbonyl (C=O) groups excluding carboxylic acids is 1. The predicted molar refractivity (Wildman–Crippen MR) is 82.4 cm³/mol. The van der Waals surface area contributed by atoms with E-state index in [0.29, 0.717) is 6.61 Å². The van der Waals surface area contributed by atoms with Crippen molar-refractivity contribution in [3.8, 4) is 5.75 Å². The van der Waals surface area contributed by atoms with Crippen molar-refractivity contribution >= 4 is 5.97 Å². The minimum atomic E-state index is -0.121. The second-order valence-electron chi connectivity index (χ2n) is 5.55. The highest BCUT2D eigenvalue weighted by molar-refractivity contribution is 5.75. The molecule has 1 saturated heterocycles. The Bertz CT molecular complexity index is 487. The molecule has 0 aliphatic carbocycles. The van der Waals surface area contributed by atoms with Crippen LogP contribution in [0.1, 0.15) is 37.3 Å². The summed E-state index contributed by atoms with van der Waals surface area (Å²) in [6.45, 7) is 6.03. The first-order valence-electron chi connectivity index (χ1n) is 7.70. The van der Waals surface area contributed by atoms with Gasteiger partial charge in [-0.05, 0) is 39.3 Å². The monoisotopic (exact) mass is 291 g/mol. The first-order valence-corrected chi connectivity index (χ1v) is 7.70. The van der Waals surface area contributed by atoms with E-state index in [4.69, 9.17) is 9.47 Å². The molecule has 1 atom stereocenters. The third-order valence-corrected chi connectivity index (χ3v) is 3.98. The van der Waals surface area contributed by atoms with E-state index in [1.807, 2.05) is 19.1 Å². The molecule has 21 heavy (non-hydrogen) atoms. The van der Waals surface area contributed by atoms with Crippen molar-refractivity contribution in [1.82, 2.24) is 4.90 Å². The lowest BCUT2D eigenvalue weighted by Gasteiger charge is -2.34. The third-order valence-electron chi connectivity index (χ3n) is 3.98. The van der Waals surface area contributed by atoms with Crippen LogP contribution in [-0.4, -0.2) is 37.2 Å². The van der Waals surface area contributed by atoms with Gasteiger partial charge in [-0.2, -0.15) is 0 Å². The Hall–Kier alpha value is -1.55. The number of aryl methyl sites for hydroxylation is 1. The quantitative estimate of drug-likeness (QED) is 0.782. The van der Waals surface area contributed by atoms with Crippen molar-refractivity contribution in [2.75, 3.05) is 20.3 Å². The second kappa shape index (κ2) is 7.46. The fourth-order valence-electron chi connectivity index (χ4n) is 2.94. The van der Waals surface area contributed by atoms with E-state index in [2.05, 4.69) is 17.9 Å². The van der Waals surface area contributed by atoms with Crippen LogP contribution in [0.5, 0.6) is 5.75 Å². The molecule has 0 spiro atoms. The van der Waals surface area contributed by atoms with Gasteiger partial charge in [-0.1, -0.05) is 24.1 Å². The fraction of sp³-hybridized carbons (Fsp3) is 0.588.